The monoisotopic (exact) mass is 236 g/mol. The van der Waals surface area contributed by atoms with Crippen molar-refractivity contribution in [2.24, 2.45) is 5.92 Å². The highest BCUT2D eigenvalue weighted by Crippen LogP contribution is 2.31. The van der Waals surface area contributed by atoms with E-state index in [1.54, 1.807) is 6.33 Å². The molecule has 1 aliphatic carbocycles. The second-order valence-corrected chi connectivity index (χ2v) is 5.57. The molecule has 1 aliphatic rings. The van der Waals surface area contributed by atoms with Crippen LogP contribution in [0.3, 0.4) is 0 Å². The molecule has 96 valence electrons. The molecule has 0 aromatic carbocycles. The van der Waals surface area contributed by atoms with Crippen LogP contribution in [0.25, 0.3) is 0 Å². The number of aromatic nitrogens is 3. The van der Waals surface area contributed by atoms with Crippen LogP contribution in [-0.2, 0) is 6.54 Å². The lowest BCUT2D eigenvalue weighted by Crippen LogP contribution is -2.26. The van der Waals surface area contributed by atoms with Gasteiger partial charge in [-0.25, -0.2) is 9.67 Å². The third kappa shape index (κ3) is 3.28. The van der Waals surface area contributed by atoms with E-state index >= 15 is 0 Å². The van der Waals surface area contributed by atoms with Gasteiger partial charge in [0.1, 0.15) is 12.2 Å². The standard InChI is InChI=1S/C13H24N4/c1-10(2)14-8-13-15-9-16-17(13)12-6-4-11(3)5-7-12/h9-12,14H,4-8H2,1-3H3. The summed E-state index contributed by atoms with van der Waals surface area (Å²) >= 11 is 0. The van der Waals surface area contributed by atoms with Crippen molar-refractivity contribution in [2.75, 3.05) is 0 Å². The lowest BCUT2D eigenvalue weighted by Gasteiger charge is -2.27. The molecule has 0 saturated heterocycles. The predicted octanol–water partition coefficient (Wildman–Crippen LogP) is 2.53. The molecule has 0 aliphatic heterocycles. The Morgan fingerprint density at radius 1 is 1.35 bits per heavy atom. The molecule has 2 rings (SSSR count). The van der Waals surface area contributed by atoms with E-state index in [-0.39, 0.29) is 0 Å². The second kappa shape index (κ2) is 5.63. The average molecular weight is 236 g/mol. The molecule has 0 spiro atoms. The smallest absolute Gasteiger partial charge is 0.141 e. The first-order valence-electron chi connectivity index (χ1n) is 6.78. The maximum Gasteiger partial charge on any atom is 0.141 e. The maximum absolute atomic E-state index is 4.41. The summed E-state index contributed by atoms with van der Waals surface area (Å²) in [6, 6.07) is 1.06. The summed E-state index contributed by atoms with van der Waals surface area (Å²) in [7, 11) is 0. The summed E-state index contributed by atoms with van der Waals surface area (Å²) in [4.78, 5) is 4.37. The van der Waals surface area contributed by atoms with Gasteiger partial charge in [0.25, 0.3) is 0 Å². The summed E-state index contributed by atoms with van der Waals surface area (Å²) in [6.07, 6.45) is 6.83. The van der Waals surface area contributed by atoms with E-state index < -0.39 is 0 Å². The van der Waals surface area contributed by atoms with Crippen LogP contribution in [-0.4, -0.2) is 20.8 Å². The fraction of sp³-hybridized carbons (Fsp3) is 0.846. The van der Waals surface area contributed by atoms with Gasteiger partial charge in [-0.1, -0.05) is 20.8 Å². The minimum absolute atomic E-state index is 0.492. The van der Waals surface area contributed by atoms with Crippen molar-refractivity contribution in [3.05, 3.63) is 12.2 Å². The predicted molar refractivity (Wildman–Crippen MR) is 68.7 cm³/mol. The molecule has 1 heterocycles. The summed E-state index contributed by atoms with van der Waals surface area (Å²) in [5.41, 5.74) is 0. The Balaban J connectivity index is 1.98. The van der Waals surface area contributed by atoms with Crippen molar-refractivity contribution in [1.82, 2.24) is 20.1 Å². The van der Waals surface area contributed by atoms with Gasteiger partial charge in [0.05, 0.1) is 12.6 Å². The van der Waals surface area contributed by atoms with E-state index in [0.717, 1.165) is 18.3 Å². The van der Waals surface area contributed by atoms with E-state index in [9.17, 15) is 0 Å². The van der Waals surface area contributed by atoms with Gasteiger partial charge in [-0.2, -0.15) is 5.10 Å². The molecule has 0 unspecified atom stereocenters. The zero-order chi connectivity index (χ0) is 12.3. The number of nitrogens with one attached hydrogen (secondary N) is 1. The second-order valence-electron chi connectivity index (χ2n) is 5.57. The van der Waals surface area contributed by atoms with Gasteiger partial charge in [0.15, 0.2) is 0 Å². The molecule has 1 aromatic rings. The topological polar surface area (TPSA) is 42.7 Å². The summed E-state index contributed by atoms with van der Waals surface area (Å²) in [5, 5.41) is 7.82. The van der Waals surface area contributed by atoms with Crippen LogP contribution in [0, 0.1) is 5.92 Å². The molecule has 0 radical (unpaired) electrons. The summed E-state index contributed by atoms with van der Waals surface area (Å²) in [6.45, 7) is 7.48. The van der Waals surface area contributed by atoms with Crippen molar-refractivity contribution >= 4 is 0 Å². The van der Waals surface area contributed by atoms with Crippen LogP contribution in [0.4, 0.5) is 0 Å². The van der Waals surface area contributed by atoms with Crippen LogP contribution >= 0.6 is 0 Å². The number of nitrogens with zero attached hydrogens (tertiary/aromatic N) is 3. The van der Waals surface area contributed by atoms with Gasteiger partial charge >= 0.3 is 0 Å². The van der Waals surface area contributed by atoms with Gasteiger partial charge < -0.3 is 5.32 Å². The van der Waals surface area contributed by atoms with Crippen molar-refractivity contribution < 1.29 is 0 Å². The Morgan fingerprint density at radius 3 is 2.71 bits per heavy atom. The highest BCUT2D eigenvalue weighted by molar-refractivity contribution is 4.89. The quantitative estimate of drug-likeness (QED) is 0.873. The largest absolute Gasteiger partial charge is 0.308 e. The fourth-order valence-corrected chi connectivity index (χ4v) is 2.49. The zero-order valence-corrected chi connectivity index (χ0v) is 11.2. The highest BCUT2D eigenvalue weighted by Gasteiger charge is 2.22. The lowest BCUT2D eigenvalue weighted by atomic mass is 9.87. The summed E-state index contributed by atoms with van der Waals surface area (Å²) < 4.78 is 2.14. The first-order chi connectivity index (χ1) is 8.16. The van der Waals surface area contributed by atoms with Gasteiger partial charge in [-0.3, -0.25) is 0 Å². The van der Waals surface area contributed by atoms with Gasteiger partial charge in [-0.15, -0.1) is 0 Å². The first-order valence-corrected chi connectivity index (χ1v) is 6.78. The van der Waals surface area contributed by atoms with E-state index in [2.05, 4.69) is 40.9 Å². The third-order valence-corrected chi connectivity index (χ3v) is 3.65. The first kappa shape index (κ1) is 12.6. The van der Waals surface area contributed by atoms with Crippen molar-refractivity contribution in [1.29, 1.82) is 0 Å². The van der Waals surface area contributed by atoms with Crippen molar-refractivity contribution in [2.45, 2.75) is 65.1 Å². The van der Waals surface area contributed by atoms with Crippen molar-refractivity contribution in [3.63, 3.8) is 0 Å². The van der Waals surface area contributed by atoms with Crippen LogP contribution in [0.1, 0.15) is 58.3 Å². The van der Waals surface area contributed by atoms with Gasteiger partial charge in [0, 0.05) is 6.04 Å². The Kier molecular flexibility index (Phi) is 4.15. The molecular formula is C13H24N4. The Morgan fingerprint density at radius 2 is 2.06 bits per heavy atom. The molecule has 0 amide bonds. The zero-order valence-electron chi connectivity index (χ0n) is 11.2. The van der Waals surface area contributed by atoms with Crippen LogP contribution in [0.5, 0.6) is 0 Å². The maximum atomic E-state index is 4.41. The highest BCUT2D eigenvalue weighted by atomic mass is 15.4. The summed E-state index contributed by atoms with van der Waals surface area (Å²) in [5.74, 6) is 1.96. The Labute approximate surface area is 104 Å². The molecule has 1 saturated carbocycles. The molecule has 1 fully saturated rings. The SMILES string of the molecule is CC1CCC(n2ncnc2CNC(C)C)CC1. The minimum atomic E-state index is 0.492. The average Bonchev–Trinajstić information content (AvgIpc) is 2.75. The fourth-order valence-electron chi connectivity index (χ4n) is 2.49. The molecule has 0 bridgehead atoms. The minimum Gasteiger partial charge on any atom is -0.308 e. The number of hydrogen-bond acceptors (Lipinski definition) is 3. The van der Waals surface area contributed by atoms with E-state index in [1.807, 2.05) is 0 Å². The lowest BCUT2D eigenvalue weighted by molar-refractivity contribution is 0.267. The van der Waals surface area contributed by atoms with Crippen molar-refractivity contribution in [3.8, 4) is 0 Å². The van der Waals surface area contributed by atoms with Gasteiger partial charge in [-0.05, 0) is 31.6 Å². The Hall–Kier alpha value is -0.900. The van der Waals surface area contributed by atoms with Crippen LogP contribution in [0.2, 0.25) is 0 Å². The molecule has 4 heteroatoms. The van der Waals surface area contributed by atoms with Crippen LogP contribution in [0.15, 0.2) is 6.33 Å². The molecule has 0 atom stereocenters. The molecule has 1 aromatic heterocycles. The van der Waals surface area contributed by atoms with E-state index in [1.165, 1.54) is 25.7 Å². The number of hydrogen-bond donors (Lipinski definition) is 1. The van der Waals surface area contributed by atoms with Gasteiger partial charge in [0.2, 0.25) is 0 Å². The third-order valence-electron chi connectivity index (χ3n) is 3.65. The van der Waals surface area contributed by atoms with Crippen LogP contribution < -0.4 is 5.32 Å². The Bertz CT molecular complexity index is 337. The molecule has 1 N–H and O–H groups in total. The molecular weight excluding hydrogens is 212 g/mol. The number of rotatable bonds is 4. The molecule has 4 nitrogen and oxygen atoms in total. The molecule has 17 heavy (non-hydrogen) atoms. The normalized spacial score (nSPS) is 25.4. The van der Waals surface area contributed by atoms with E-state index in [0.29, 0.717) is 12.1 Å². The van der Waals surface area contributed by atoms with E-state index in [4.69, 9.17) is 0 Å².